The monoisotopic (exact) mass is 273 g/mol. The molecule has 0 fully saturated rings. The van der Waals surface area contributed by atoms with Crippen molar-refractivity contribution in [3.63, 3.8) is 0 Å². The first-order chi connectivity index (χ1) is 9.13. The van der Waals surface area contributed by atoms with Crippen LogP contribution >= 0.6 is 11.3 Å². The highest BCUT2D eigenvalue weighted by molar-refractivity contribution is 7.09. The standard InChI is InChI=1S/C14H15N3OS/c1-10-16-12(9-19-10)8-17(2)14-6-13(18-3)5-4-11(14)7-15/h4-6,9H,8H2,1-3H3. The molecule has 4 nitrogen and oxygen atoms in total. The molecule has 0 aliphatic rings. The van der Waals surface area contributed by atoms with Gasteiger partial charge < -0.3 is 9.64 Å². The number of rotatable bonds is 4. The molecule has 1 heterocycles. The second-order valence-electron chi connectivity index (χ2n) is 4.21. The lowest BCUT2D eigenvalue weighted by Crippen LogP contribution is -2.17. The molecule has 19 heavy (non-hydrogen) atoms. The number of ether oxygens (including phenoxy) is 1. The van der Waals surface area contributed by atoms with E-state index in [1.165, 1.54) is 0 Å². The van der Waals surface area contributed by atoms with Crippen LogP contribution in [-0.2, 0) is 6.54 Å². The zero-order valence-electron chi connectivity index (χ0n) is 11.2. The fourth-order valence-corrected chi connectivity index (χ4v) is 2.46. The van der Waals surface area contributed by atoms with Crippen LogP contribution in [-0.4, -0.2) is 19.1 Å². The van der Waals surface area contributed by atoms with Crippen molar-refractivity contribution < 1.29 is 4.74 Å². The molecule has 0 saturated carbocycles. The van der Waals surface area contributed by atoms with Crippen molar-refractivity contribution in [2.75, 3.05) is 19.1 Å². The van der Waals surface area contributed by atoms with E-state index in [1.54, 1.807) is 30.6 Å². The van der Waals surface area contributed by atoms with Crippen molar-refractivity contribution in [1.82, 2.24) is 4.98 Å². The van der Waals surface area contributed by atoms with Gasteiger partial charge >= 0.3 is 0 Å². The number of methoxy groups -OCH3 is 1. The second-order valence-corrected chi connectivity index (χ2v) is 5.27. The average Bonchev–Trinajstić information content (AvgIpc) is 2.83. The molecular weight excluding hydrogens is 258 g/mol. The Morgan fingerprint density at radius 3 is 2.84 bits per heavy atom. The summed E-state index contributed by atoms with van der Waals surface area (Å²) >= 11 is 1.63. The van der Waals surface area contributed by atoms with E-state index in [-0.39, 0.29) is 0 Å². The third kappa shape index (κ3) is 3.04. The lowest BCUT2D eigenvalue weighted by atomic mass is 10.1. The van der Waals surface area contributed by atoms with E-state index in [0.717, 1.165) is 22.1 Å². The van der Waals surface area contributed by atoms with Crippen LogP contribution in [0.1, 0.15) is 16.3 Å². The number of nitriles is 1. The van der Waals surface area contributed by atoms with Crippen LogP contribution < -0.4 is 9.64 Å². The lowest BCUT2D eigenvalue weighted by molar-refractivity contribution is 0.415. The van der Waals surface area contributed by atoms with Gasteiger partial charge in [-0.15, -0.1) is 11.3 Å². The zero-order valence-corrected chi connectivity index (χ0v) is 12.0. The summed E-state index contributed by atoms with van der Waals surface area (Å²) in [5.74, 6) is 0.746. The summed E-state index contributed by atoms with van der Waals surface area (Å²) in [4.78, 5) is 6.45. The Kier molecular flexibility index (Phi) is 4.03. The Balaban J connectivity index is 2.27. The topological polar surface area (TPSA) is 49.1 Å². The quantitative estimate of drug-likeness (QED) is 0.859. The van der Waals surface area contributed by atoms with E-state index in [9.17, 15) is 5.26 Å². The normalized spacial score (nSPS) is 10.0. The molecule has 0 N–H and O–H groups in total. The molecule has 5 heteroatoms. The van der Waals surface area contributed by atoms with Crippen molar-refractivity contribution in [2.24, 2.45) is 0 Å². The van der Waals surface area contributed by atoms with E-state index in [2.05, 4.69) is 11.1 Å². The minimum absolute atomic E-state index is 0.634. The molecule has 0 bridgehead atoms. The molecule has 0 aliphatic carbocycles. The smallest absolute Gasteiger partial charge is 0.121 e. The largest absolute Gasteiger partial charge is 0.497 e. The number of thiazole rings is 1. The summed E-state index contributed by atoms with van der Waals surface area (Å²) in [5.41, 5.74) is 2.50. The van der Waals surface area contributed by atoms with Crippen LogP contribution in [0.2, 0.25) is 0 Å². The molecule has 98 valence electrons. The molecule has 0 radical (unpaired) electrons. The molecule has 0 spiro atoms. The summed E-state index contributed by atoms with van der Waals surface area (Å²) in [6.45, 7) is 2.66. The van der Waals surface area contributed by atoms with Gasteiger partial charge in [0.15, 0.2) is 0 Å². The van der Waals surface area contributed by atoms with Gasteiger partial charge in [-0.2, -0.15) is 5.26 Å². The molecule has 0 amide bonds. The predicted molar refractivity (Wildman–Crippen MR) is 76.7 cm³/mol. The van der Waals surface area contributed by atoms with Crippen molar-refractivity contribution in [3.05, 3.63) is 39.8 Å². The van der Waals surface area contributed by atoms with Gasteiger partial charge in [-0.3, -0.25) is 0 Å². The minimum Gasteiger partial charge on any atom is -0.497 e. The first kappa shape index (κ1) is 13.4. The van der Waals surface area contributed by atoms with Gasteiger partial charge in [0.05, 0.1) is 35.6 Å². The highest BCUT2D eigenvalue weighted by atomic mass is 32.1. The Labute approximate surface area is 116 Å². The van der Waals surface area contributed by atoms with Crippen molar-refractivity contribution >= 4 is 17.0 Å². The third-order valence-corrected chi connectivity index (χ3v) is 3.62. The summed E-state index contributed by atoms with van der Waals surface area (Å²) in [6.07, 6.45) is 0. The Morgan fingerprint density at radius 1 is 1.47 bits per heavy atom. The van der Waals surface area contributed by atoms with E-state index in [1.807, 2.05) is 30.3 Å². The van der Waals surface area contributed by atoms with Crippen LogP contribution in [0.15, 0.2) is 23.6 Å². The summed E-state index contributed by atoms with van der Waals surface area (Å²) < 4.78 is 5.21. The van der Waals surface area contributed by atoms with Crippen molar-refractivity contribution in [3.8, 4) is 11.8 Å². The van der Waals surface area contributed by atoms with Crippen LogP contribution in [0.5, 0.6) is 5.75 Å². The Hall–Kier alpha value is -2.06. The average molecular weight is 273 g/mol. The predicted octanol–water partition coefficient (Wildman–Crippen LogP) is 2.97. The number of anilines is 1. The lowest BCUT2D eigenvalue weighted by Gasteiger charge is -2.20. The second kappa shape index (κ2) is 5.72. The number of hydrogen-bond acceptors (Lipinski definition) is 5. The van der Waals surface area contributed by atoms with Crippen LogP contribution in [0, 0.1) is 18.3 Å². The fraction of sp³-hybridized carbons (Fsp3) is 0.286. The summed E-state index contributed by atoms with van der Waals surface area (Å²) in [7, 11) is 3.57. The minimum atomic E-state index is 0.634. The molecular formula is C14H15N3OS. The van der Waals surface area contributed by atoms with Gasteiger partial charge in [0.1, 0.15) is 11.8 Å². The van der Waals surface area contributed by atoms with E-state index in [0.29, 0.717) is 12.1 Å². The number of hydrogen-bond donors (Lipinski definition) is 0. The van der Waals surface area contributed by atoms with Gasteiger partial charge in [0.2, 0.25) is 0 Å². The van der Waals surface area contributed by atoms with Crippen LogP contribution in [0.25, 0.3) is 0 Å². The maximum atomic E-state index is 9.17. The highest BCUT2D eigenvalue weighted by Crippen LogP contribution is 2.26. The number of nitrogens with zero attached hydrogens (tertiary/aromatic N) is 3. The number of aromatic nitrogens is 1. The van der Waals surface area contributed by atoms with Crippen molar-refractivity contribution in [2.45, 2.75) is 13.5 Å². The van der Waals surface area contributed by atoms with Gasteiger partial charge in [0.25, 0.3) is 0 Å². The Morgan fingerprint density at radius 2 is 2.26 bits per heavy atom. The molecule has 2 rings (SSSR count). The molecule has 1 aromatic heterocycles. The maximum absolute atomic E-state index is 9.17. The number of benzene rings is 1. The molecule has 0 atom stereocenters. The SMILES string of the molecule is COc1ccc(C#N)c(N(C)Cc2csc(C)n2)c1. The Bertz CT molecular complexity index is 615. The van der Waals surface area contributed by atoms with E-state index < -0.39 is 0 Å². The van der Waals surface area contributed by atoms with Crippen LogP contribution in [0.3, 0.4) is 0 Å². The summed E-state index contributed by atoms with van der Waals surface area (Å²) in [5, 5.41) is 12.3. The van der Waals surface area contributed by atoms with Gasteiger partial charge in [-0.05, 0) is 19.1 Å². The van der Waals surface area contributed by atoms with E-state index in [4.69, 9.17) is 4.74 Å². The maximum Gasteiger partial charge on any atom is 0.121 e. The highest BCUT2D eigenvalue weighted by Gasteiger charge is 2.10. The first-order valence-electron chi connectivity index (χ1n) is 5.84. The number of aryl methyl sites for hydroxylation is 1. The van der Waals surface area contributed by atoms with Crippen molar-refractivity contribution in [1.29, 1.82) is 5.26 Å². The molecule has 2 aromatic rings. The summed E-state index contributed by atoms with van der Waals surface area (Å²) in [6, 6.07) is 7.65. The first-order valence-corrected chi connectivity index (χ1v) is 6.72. The fourth-order valence-electron chi connectivity index (χ4n) is 1.86. The zero-order chi connectivity index (χ0) is 13.8. The molecule has 1 aromatic carbocycles. The third-order valence-electron chi connectivity index (χ3n) is 2.80. The van der Waals surface area contributed by atoms with Gasteiger partial charge in [-0.1, -0.05) is 0 Å². The van der Waals surface area contributed by atoms with Gasteiger partial charge in [-0.25, -0.2) is 4.98 Å². The van der Waals surface area contributed by atoms with E-state index >= 15 is 0 Å². The van der Waals surface area contributed by atoms with Gasteiger partial charge in [0, 0.05) is 18.5 Å². The van der Waals surface area contributed by atoms with Crippen LogP contribution in [0.4, 0.5) is 5.69 Å². The molecule has 0 unspecified atom stereocenters. The molecule has 0 aliphatic heterocycles. The molecule has 0 saturated heterocycles.